The Balaban J connectivity index is 2.33. The predicted octanol–water partition coefficient (Wildman–Crippen LogP) is -0.552. The van der Waals surface area contributed by atoms with Gasteiger partial charge in [0.05, 0.1) is 0 Å². The lowest BCUT2D eigenvalue weighted by atomic mass is 10.6. The molecule has 6 nitrogen and oxygen atoms in total. The van der Waals surface area contributed by atoms with Gasteiger partial charge in [0, 0.05) is 39.6 Å². The van der Waals surface area contributed by atoms with Crippen LogP contribution in [0.5, 0.6) is 0 Å². The first-order valence-corrected chi connectivity index (χ1v) is 4.30. The summed E-state index contributed by atoms with van der Waals surface area (Å²) in [6.45, 7) is 0.913. The van der Waals surface area contributed by atoms with Crippen LogP contribution in [0.25, 0.3) is 0 Å². The van der Waals surface area contributed by atoms with Gasteiger partial charge in [0.2, 0.25) is 0 Å². The van der Waals surface area contributed by atoms with E-state index in [0.717, 1.165) is 0 Å². The maximum Gasteiger partial charge on any atom is 0.325 e. The highest BCUT2D eigenvalue weighted by atomic mass is 16.2. The Labute approximate surface area is 81.5 Å². The summed E-state index contributed by atoms with van der Waals surface area (Å²) in [6, 6.07) is -0.159. The smallest absolute Gasteiger partial charge is 0.325 e. The van der Waals surface area contributed by atoms with Gasteiger partial charge in [-0.2, -0.15) is 0 Å². The minimum Gasteiger partial charge on any atom is -0.336 e. The minimum absolute atomic E-state index is 0.159. The largest absolute Gasteiger partial charge is 0.336 e. The lowest BCUT2D eigenvalue weighted by molar-refractivity contribution is 0.217. The van der Waals surface area contributed by atoms with Crippen LogP contribution in [0, 0.1) is 0 Å². The molecule has 0 saturated heterocycles. The molecule has 14 heavy (non-hydrogen) atoms. The van der Waals surface area contributed by atoms with Crippen molar-refractivity contribution in [3.8, 4) is 0 Å². The Kier molecular flexibility index (Phi) is 3.33. The van der Waals surface area contributed by atoms with Gasteiger partial charge in [0.25, 0.3) is 0 Å². The molecule has 1 aromatic heterocycles. The molecule has 0 saturated carbocycles. The lowest BCUT2D eigenvalue weighted by Gasteiger charge is -2.11. The predicted molar refractivity (Wildman–Crippen MR) is 52.1 cm³/mol. The molecule has 1 rings (SSSR count). The molecule has 0 aliphatic rings. The maximum atomic E-state index is 11.1. The molecule has 2 amide bonds. The van der Waals surface area contributed by atoms with Crippen LogP contribution in [-0.4, -0.2) is 41.1 Å². The van der Waals surface area contributed by atoms with E-state index in [1.54, 1.807) is 26.5 Å². The summed E-state index contributed by atoms with van der Waals surface area (Å²) in [6.07, 6.45) is 3.21. The summed E-state index contributed by atoms with van der Waals surface area (Å²) >= 11 is 0. The van der Waals surface area contributed by atoms with Crippen LogP contribution in [0.3, 0.4) is 0 Å². The van der Waals surface area contributed by atoms with E-state index in [0.29, 0.717) is 13.1 Å². The van der Waals surface area contributed by atoms with Crippen LogP contribution in [0.2, 0.25) is 0 Å². The van der Waals surface area contributed by atoms with Crippen LogP contribution in [0.1, 0.15) is 0 Å². The second kappa shape index (κ2) is 4.50. The van der Waals surface area contributed by atoms with Crippen molar-refractivity contribution >= 4 is 6.03 Å². The zero-order chi connectivity index (χ0) is 10.6. The van der Waals surface area contributed by atoms with Gasteiger partial charge in [0.15, 0.2) is 0 Å². The molecule has 0 radical (unpaired) electrons. The van der Waals surface area contributed by atoms with E-state index in [1.807, 2.05) is 0 Å². The molecule has 6 heteroatoms. The van der Waals surface area contributed by atoms with Crippen molar-refractivity contribution < 1.29 is 4.79 Å². The van der Waals surface area contributed by atoms with E-state index in [-0.39, 0.29) is 11.7 Å². The van der Waals surface area contributed by atoms with Crippen LogP contribution in [-0.2, 0) is 6.54 Å². The van der Waals surface area contributed by atoms with E-state index >= 15 is 0 Å². The van der Waals surface area contributed by atoms with Crippen LogP contribution in [0.4, 0.5) is 4.79 Å². The summed E-state index contributed by atoms with van der Waals surface area (Å²) in [7, 11) is 3.33. The fourth-order valence-corrected chi connectivity index (χ4v) is 0.967. The topological polar surface area (TPSA) is 70.1 Å². The normalized spacial score (nSPS) is 9.86. The maximum absolute atomic E-state index is 11.1. The zero-order valence-electron chi connectivity index (χ0n) is 8.28. The molecule has 0 spiro atoms. The molecule has 78 valence electrons. The summed E-state index contributed by atoms with van der Waals surface area (Å²) in [5.41, 5.74) is -0.163. The highest BCUT2D eigenvalue weighted by Crippen LogP contribution is 1.80. The molecule has 0 aliphatic carbocycles. The molecule has 1 aromatic rings. The second-order valence-corrected chi connectivity index (χ2v) is 3.08. The van der Waals surface area contributed by atoms with E-state index < -0.39 is 0 Å². The number of nitrogens with one attached hydrogen (secondary N) is 2. The number of imidazole rings is 1. The van der Waals surface area contributed by atoms with Crippen LogP contribution in [0.15, 0.2) is 17.2 Å². The van der Waals surface area contributed by atoms with E-state index in [1.165, 1.54) is 9.47 Å². The monoisotopic (exact) mass is 198 g/mol. The number of H-pyrrole nitrogens is 1. The standard InChI is InChI=1S/C8H14N4O2/c1-11(2)7(13)9-3-5-12-6-4-10-8(12)14/h4,6H,3,5H2,1-2H3,(H,9,13)(H,10,14). The zero-order valence-corrected chi connectivity index (χ0v) is 8.28. The van der Waals surface area contributed by atoms with Gasteiger partial charge in [0.1, 0.15) is 0 Å². The number of hydrogen-bond donors (Lipinski definition) is 2. The molecule has 1 heterocycles. The molecule has 0 aromatic carbocycles. The number of urea groups is 1. The Morgan fingerprint density at radius 3 is 2.86 bits per heavy atom. The van der Waals surface area contributed by atoms with E-state index in [4.69, 9.17) is 0 Å². The molecule has 0 aliphatic heterocycles. The summed E-state index contributed by atoms with van der Waals surface area (Å²) in [4.78, 5) is 26.0. The van der Waals surface area contributed by atoms with Crippen molar-refractivity contribution in [1.82, 2.24) is 19.8 Å². The SMILES string of the molecule is CN(C)C(=O)NCCn1cc[nH]c1=O. The van der Waals surface area contributed by atoms with Gasteiger partial charge in [-0.15, -0.1) is 0 Å². The number of aromatic amines is 1. The third-order valence-corrected chi connectivity index (χ3v) is 1.76. The number of carbonyl (C=O) groups excluding carboxylic acids is 1. The third kappa shape index (κ3) is 2.65. The van der Waals surface area contributed by atoms with Crippen molar-refractivity contribution in [3.63, 3.8) is 0 Å². The number of nitrogens with zero attached hydrogens (tertiary/aromatic N) is 2. The molecule has 2 N–H and O–H groups in total. The Hall–Kier alpha value is -1.72. The first kappa shape index (κ1) is 10.4. The fraction of sp³-hybridized carbons (Fsp3) is 0.500. The van der Waals surface area contributed by atoms with Gasteiger partial charge in [-0.05, 0) is 0 Å². The third-order valence-electron chi connectivity index (χ3n) is 1.76. The average molecular weight is 198 g/mol. The summed E-state index contributed by atoms with van der Waals surface area (Å²) in [5.74, 6) is 0. The van der Waals surface area contributed by atoms with E-state index in [9.17, 15) is 9.59 Å². The minimum atomic E-state index is -0.163. The first-order valence-electron chi connectivity index (χ1n) is 4.30. The van der Waals surface area contributed by atoms with Gasteiger partial charge in [-0.25, -0.2) is 9.59 Å². The van der Waals surface area contributed by atoms with Gasteiger partial charge < -0.3 is 15.2 Å². The molecule has 0 atom stereocenters. The van der Waals surface area contributed by atoms with Crippen molar-refractivity contribution in [2.24, 2.45) is 0 Å². The lowest BCUT2D eigenvalue weighted by Crippen LogP contribution is -2.37. The average Bonchev–Trinajstić information content (AvgIpc) is 2.51. The van der Waals surface area contributed by atoms with Gasteiger partial charge in [-0.3, -0.25) is 4.57 Å². The quantitative estimate of drug-likeness (QED) is 0.684. The summed E-state index contributed by atoms with van der Waals surface area (Å²) < 4.78 is 1.50. The molecule has 0 unspecified atom stereocenters. The highest BCUT2D eigenvalue weighted by Gasteiger charge is 2.01. The Bertz CT molecular complexity index is 352. The van der Waals surface area contributed by atoms with E-state index in [2.05, 4.69) is 10.3 Å². The molecule has 0 bridgehead atoms. The number of carbonyl (C=O) groups is 1. The van der Waals surface area contributed by atoms with Gasteiger partial charge >= 0.3 is 11.7 Å². The fourth-order valence-electron chi connectivity index (χ4n) is 0.967. The van der Waals surface area contributed by atoms with Crippen molar-refractivity contribution in [2.75, 3.05) is 20.6 Å². The van der Waals surface area contributed by atoms with Crippen molar-refractivity contribution in [2.45, 2.75) is 6.54 Å². The van der Waals surface area contributed by atoms with Crippen molar-refractivity contribution in [1.29, 1.82) is 0 Å². The molecular formula is C8H14N4O2. The molecular weight excluding hydrogens is 184 g/mol. The number of rotatable bonds is 3. The number of aromatic nitrogens is 2. The van der Waals surface area contributed by atoms with Crippen LogP contribution >= 0.6 is 0 Å². The second-order valence-electron chi connectivity index (χ2n) is 3.08. The molecule has 0 fully saturated rings. The van der Waals surface area contributed by atoms with Crippen molar-refractivity contribution in [3.05, 3.63) is 22.9 Å². The Morgan fingerprint density at radius 2 is 2.36 bits per heavy atom. The Morgan fingerprint density at radius 1 is 1.64 bits per heavy atom. The highest BCUT2D eigenvalue weighted by molar-refractivity contribution is 5.73. The summed E-state index contributed by atoms with van der Waals surface area (Å²) in [5, 5.41) is 2.66. The first-order chi connectivity index (χ1) is 6.61. The number of hydrogen-bond acceptors (Lipinski definition) is 2. The number of amides is 2. The van der Waals surface area contributed by atoms with Gasteiger partial charge in [-0.1, -0.05) is 0 Å². The van der Waals surface area contributed by atoms with Crippen LogP contribution < -0.4 is 11.0 Å².